The first-order valence-electron chi connectivity index (χ1n) is 9.41. The molecular weight excluding hydrogens is 326 g/mol. The van der Waals surface area contributed by atoms with E-state index in [-0.39, 0.29) is 11.4 Å². The Kier molecular flexibility index (Phi) is 4.31. The molecule has 0 aliphatic carbocycles. The number of hydrogen-bond donors (Lipinski definition) is 0. The quantitative estimate of drug-likeness (QED) is 0.827. The minimum Gasteiger partial charge on any atom is -0.342 e. The van der Waals surface area contributed by atoms with Gasteiger partial charge in [-0.2, -0.15) is 0 Å². The molecule has 0 N–H and O–H groups in total. The van der Waals surface area contributed by atoms with Gasteiger partial charge in [0.15, 0.2) is 0 Å². The smallest absolute Gasteiger partial charge is 0.227 e. The summed E-state index contributed by atoms with van der Waals surface area (Å²) in [7, 11) is 2.14. The summed E-state index contributed by atoms with van der Waals surface area (Å²) in [6, 6.07) is 8.16. The van der Waals surface area contributed by atoms with Crippen molar-refractivity contribution >= 4 is 5.91 Å². The van der Waals surface area contributed by atoms with Crippen LogP contribution in [0.5, 0.6) is 0 Å². The Bertz CT molecular complexity index is 819. The predicted octanol–water partition coefficient (Wildman–Crippen LogP) is 1.90. The molecule has 1 aromatic heterocycles. The van der Waals surface area contributed by atoms with Crippen LogP contribution in [0.2, 0.25) is 0 Å². The Labute approximate surface area is 154 Å². The molecular formula is C20H27N5O. The lowest BCUT2D eigenvalue weighted by atomic mass is 9.84. The van der Waals surface area contributed by atoms with Crippen LogP contribution in [0.25, 0.3) is 0 Å². The van der Waals surface area contributed by atoms with Gasteiger partial charge in [0, 0.05) is 19.6 Å². The van der Waals surface area contributed by atoms with Gasteiger partial charge >= 0.3 is 0 Å². The lowest BCUT2D eigenvalue weighted by Gasteiger charge is -2.48. The normalized spacial score (nSPS) is 19.6. The van der Waals surface area contributed by atoms with E-state index in [2.05, 4.69) is 45.8 Å². The Hall–Kier alpha value is -2.21. The minimum absolute atomic E-state index is 0.0232. The van der Waals surface area contributed by atoms with Crippen molar-refractivity contribution < 1.29 is 4.79 Å². The fourth-order valence-electron chi connectivity index (χ4n) is 4.63. The SMILES string of the molecule is Cc1ccccc1CC(=O)N1CCC2(CC1)CN(C)Cc1nnc(C)n12. The van der Waals surface area contributed by atoms with Gasteiger partial charge in [-0.05, 0) is 44.9 Å². The Balaban J connectivity index is 1.48. The summed E-state index contributed by atoms with van der Waals surface area (Å²) in [5.74, 6) is 2.28. The van der Waals surface area contributed by atoms with Crippen LogP contribution in [-0.4, -0.2) is 57.2 Å². The van der Waals surface area contributed by atoms with E-state index in [1.54, 1.807) is 0 Å². The summed E-state index contributed by atoms with van der Waals surface area (Å²) in [6.07, 6.45) is 2.42. The van der Waals surface area contributed by atoms with Crippen LogP contribution in [0.1, 0.15) is 35.6 Å². The zero-order valence-corrected chi connectivity index (χ0v) is 15.9. The number of amides is 1. The van der Waals surface area contributed by atoms with Crippen molar-refractivity contribution in [2.24, 2.45) is 0 Å². The van der Waals surface area contributed by atoms with Gasteiger partial charge < -0.3 is 9.47 Å². The second-order valence-electron chi connectivity index (χ2n) is 7.88. The molecule has 0 bridgehead atoms. The first-order chi connectivity index (χ1) is 12.5. The zero-order chi connectivity index (χ0) is 18.3. The molecule has 1 fully saturated rings. The molecule has 2 aliphatic rings. The van der Waals surface area contributed by atoms with E-state index in [4.69, 9.17) is 0 Å². The molecule has 26 heavy (non-hydrogen) atoms. The number of carbonyl (C=O) groups excluding carboxylic acids is 1. The molecule has 1 spiro atoms. The van der Waals surface area contributed by atoms with Crippen LogP contribution in [0.3, 0.4) is 0 Å². The third kappa shape index (κ3) is 2.92. The minimum atomic E-state index is 0.0232. The number of likely N-dealkylation sites (N-methyl/N-ethyl adjacent to an activating group) is 1. The highest BCUT2D eigenvalue weighted by atomic mass is 16.2. The Morgan fingerprint density at radius 2 is 1.88 bits per heavy atom. The molecule has 0 atom stereocenters. The topological polar surface area (TPSA) is 54.3 Å². The molecule has 6 heteroatoms. The lowest BCUT2D eigenvalue weighted by molar-refractivity contribution is -0.133. The number of aryl methyl sites for hydroxylation is 2. The van der Waals surface area contributed by atoms with Crippen LogP contribution >= 0.6 is 0 Å². The number of nitrogens with zero attached hydrogens (tertiary/aromatic N) is 5. The van der Waals surface area contributed by atoms with Gasteiger partial charge in [0.2, 0.25) is 5.91 Å². The summed E-state index contributed by atoms with van der Waals surface area (Å²) >= 11 is 0. The fourth-order valence-corrected chi connectivity index (χ4v) is 4.63. The van der Waals surface area contributed by atoms with Gasteiger partial charge in [0.1, 0.15) is 11.6 Å². The molecule has 1 saturated heterocycles. The summed E-state index contributed by atoms with van der Waals surface area (Å²) in [5, 5.41) is 8.67. The summed E-state index contributed by atoms with van der Waals surface area (Å²) in [4.78, 5) is 17.2. The molecule has 0 unspecified atom stereocenters. The molecule has 1 aromatic carbocycles. The van der Waals surface area contributed by atoms with Crippen LogP contribution in [0.4, 0.5) is 0 Å². The van der Waals surface area contributed by atoms with Gasteiger partial charge in [-0.1, -0.05) is 24.3 Å². The van der Waals surface area contributed by atoms with Gasteiger partial charge in [-0.3, -0.25) is 9.69 Å². The van der Waals surface area contributed by atoms with Crippen molar-refractivity contribution in [1.82, 2.24) is 24.6 Å². The lowest BCUT2D eigenvalue weighted by Crippen LogP contribution is -2.56. The molecule has 0 saturated carbocycles. The zero-order valence-electron chi connectivity index (χ0n) is 15.9. The van der Waals surface area contributed by atoms with Crippen LogP contribution in [0.15, 0.2) is 24.3 Å². The van der Waals surface area contributed by atoms with E-state index in [9.17, 15) is 4.79 Å². The van der Waals surface area contributed by atoms with Crippen LogP contribution < -0.4 is 0 Å². The van der Waals surface area contributed by atoms with E-state index < -0.39 is 0 Å². The number of rotatable bonds is 2. The first-order valence-corrected chi connectivity index (χ1v) is 9.41. The van der Waals surface area contributed by atoms with Crippen molar-refractivity contribution in [1.29, 1.82) is 0 Å². The van der Waals surface area contributed by atoms with E-state index in [1.165, 1.54) is 5.56 Å². The molecule has 138 valence electrons. The van der Waals surface area contributed by atoms with Crippen molar-refractivity contribution in [2.75, 3.05) is 26.7 Å². The maximum absolute atomic E-state index is 12.8. The largest absolute Gasteiger partial charge is 0.342 e. The van der Waals surface area contributed by atoms with Crippen molar-refractivity contribution in [3.05, 3.63) is 47.0 Å². The summed E-state index contributed by atoms with van der Waals surface area (Å²) in [6.45, 7) is 7.56. The van der Waals surface area contributed by atoms with E-state index >= 15 is 0 Å². The second kappa shape index (κ2) is 6.50. The number of fused-ring (bicyclic) bond motifs is 2. The molecule has 1 amide bonds. The third-order valence-corrected chi connectivity index (χ3v) is 5.99. The number of likely N-dealkylation sites (tertiary alicyclic amines) is 1. The van der Waals surface area contributed by atoms with Gasteiger partial charge in [-0.15, -0.1) is 10.2 Å². The monoisotopic (exact) mass is 353 g/mol. The highest BCUT2D eigenvalue weighted by molar-refractivity contribution is 5.79. The number of carbonyl (C=O) groups is 1. The standard InChI is InChI=1S/C20H27N5O/c1-15-6-4-5-7-17(15)12-19(26)24-10-8-20(9-11-24)14-23(3)13-18-22-21-16(2)25(18)20/h4-7H,8-14H2,1-3H3. The Morgan fingerprint density at radius 1 is 1.15 bits per heavy atom. The highest BCUT2D eigenvalue weighted by Gasteiger charge is 2.43. The second-order valence-corrected chi connectivity index (χ2v) is 7.88. The number of aromatic nitrogens is 3. The van der Waals surface area contributed by atoms with E-state index in [0.717, 1.165) is 56.2 Å². The number of hydrogen-bond acceptors (Lipinski definition) is 4. The van der Waals surface area contributed by atoms with Gasteiger partial charge in [0.05, 0.1) is 18.5 Å². The summed E-state index contributed by atoms with van der Waals surface area (Å²) < 4.78 is 2.34. The summed E-state index contributed by atoms with van der Waals surface area (Å²) in [5.41, 5.74) is 2.34. The average Bonchev–Trinajstić information content (AvgIpc) is 2.99. The number of piperidine rings is 1. The molecule has 2 aliphatic heterocycles. The van der Waals surface area contributed by atoms with Crippen molar-refractivity contribution in [2.45, 2.75) is 45.2 Å². The average molecular weight is 353 g/mol. The molecule has 6 nitrogen and oxygen atoms in total. The predicted molar refractivity (Wildman–Crippen MR) is 99.8 cm³/mol. The molecule has 4 rings (SSSR count). The molecule has 2 aromatic rings. The van der Waals surface area contributed by atoms with Crippen LogP contribution in [0, 0.1) is 13.8 Å². The maximum atomic E-state index is 12.8. The van der Waals surface area contributed by atoms with E-state index in [1.807, 2.05) is 24.0 Å². The van der Waals surface area contributed by atoms with E-state index in [0.29, 0.717) is 6.42 Å². The number of benzene rings is 1. The highest BCUT2D eigenvalue weighted by Crippen LogP contribution is 2.36. The maximum Gasteiger partial charge on any atom is 0.227 e. The fraction of sp³-hybridized carbons (Fsp3) is 0.550. The molecule has 0 radical (unpaired) electrons. The first kappa shape index (κ1) is 17.2. The molecule has 3 heterocycles. The van der Waals surface area contributed by atoms with Gasteiger partial charge in [0.25, 0.3) is 0 Å². The van der Waals surface area contributed by atoms with Gasteiger partial charge in [-0.25, -0.2) is 0 Å². The Morgan fingerprint density at radius 3 is 2.62 bits per heavy atom. The third-order valence-electron chi connectivity index (χ3n) is 5.99. The van der Waals surface area contributed by atoms with Crippen molar-refractivity contribution in [3.8, 4) is 0 Å². The van der Waals surface area contributed by atoms with Crippen molar-refractivity contribution in [3.63, 3.8) is 0 Å². The van der Waals surface area contributed by atoms with Crippen LogP contribution in [-0.2, 0) is 23.3 Å².